The molecule has 2 amide bonds. The van der Waals surface area contributed by atoms with E-state index in [-0.39, 0.29) is 11.7 Å². The minimum Gasteiger partial charge on any atom is -0.339 e. The van der Waals surface area contributed by atoms with E-state index in [9.17, 15) is 14.4 Å². The summed E-state index contributed by atoms with van der Waals surface area (Å²) in [5.41, 5.74) is 0.292. The molecular formula is C21H32N2O3. The van der Waals surface area contributed by atoms with E-state index in [4.69, 9.17) is 0 Å². The van der Waals surface area contributed by atoms with Crippen LogP contribution in [0.1, 0.15) is 64.7 Å². The van der Waals surface area contributed by atoms with Gasteiger partial charge in [-0.1, -0.05) is 0 Å². The van der Waals surface area contributed by atoms with Gasteiger partial charge in [0.2, 0.25) is 11.8 Å². The SMILES string of the molecule is CC(=O)CCC(=O)N1CCN(C(=O)CC23CC4CC(CC(C4)C2)C3)CC1. The quantitative estimate of drug-likeness (QED) is 0.757. The van der Waals surface area contributed by atoms with Crippen molar-refractivity contribution in [1.82, 2.24) is 9.80 Å². The number of rotatable bonds is 5. The van der Waals surface area contributed by atoms with Crippen LogP contribution in [0.5, 0.6) is 0 Å². The Morgan fingerprint density at radius 2 is 1.23 bits per heavy atom. The molecule has 1 aliphatic heterocycles. The Kier molecular flexibility index (Phi) is 4.83. The molecule has 0 atom stereocenters. The van der Waals surface area contributed by atoms with Gasteiger partial charge in [-0.3, -0.25) is 9.59 Å². The average Bonchev–Trinajstić information content (AvgIpc) is 2.58. The second kappa shape index (κ2) is 6.97. The van der Waals surface area contributed by atoms with Crippen LogP contribution in [-0.2, 0) is 14.4 Å². The van der Waals surface area contributed by atoms with Crippen molar-refractivity contribution in [2.75, 3.05) is 26.2 Å². The monoisotopic (exact) mass is 360 g/mol. The molecule has 0 radical (unpaired) electrons. The maximum atomic E-state index is 13.0. The lowest BCUT2D eigenvalue weighted by Gasteiger charge is -2.57. The van der Waals surface area contributed by atoms with Crippen LogP contribution >= 0.6 is 0 Å². The topological polar surface area (TPSA) is 57.7 Å². The largest absolute Gasteiger partial charge is 0.339 e. The van der Waals surface area contributed by atoms with Gasteiger partial charge >= 0.3 is 0 Å². The van der Waals surface area contributed by atoms with Gasteiger partial charge in [0.05, 0.1) is 0 Å². The van der Waals surface area contributed by atoms with Gasteiger partial charge in [0.15, 0.2) is 0 Å². The van der Waals surface area contributed by atoms with Gasteiger partial charge in [0, 0.05) is 45.4 Å². The molecule has 1 heterocycles. The van der Waals surface area contributed by atoms with Crippen LogP contribution in [0.4, 0.5) is 0 Å². The third-order valence-electron chi connectivity index (χ3n) is 7.37. The molecule has 26 heavy (non-hydrogen) atoms. The number of hydrogen-bond donors (Lipinski definition) is 0. The van der Waals surface area contributed by atoms with Gasteiger partial charge in [0.1, 0.15) is 5.78 Å². The number of amides is 2. The summed E-state index contributed by atoms with van der Waals surface area (Å²) in [5, 5.41) is 0. The molecule has 4 bridgehead atoms. The van der Waals surface area contributed by atoms with Gasteiger partial charge in [-0.15, -0.1) is 0 Å². The van der Waals surface area contributed by atoms with Crippen molar-refractivity contribution in [3.8, 4) is 0 Å². The minimum absolute atomic E-state index is 0.0494. The summed E-state index contributed by atoms with van der Waals surface area (Å²) in [6, 6.07) is 0. The number of nitrogens with zero attached hydrogens (tertiary/aromatic N) is 2. The lowest BCUT2D eigenvalue weighted by Crippen LogP contribution is -2.53. The van der Waals surface area contributed by atoms with Crippen molar-refractivity contribution in [2.24, 2.45) is 23.2 Å². The third-order valence-corrected chi connectivity index (χ3v) is 7.37. The normalized spacial score (nSPS) is 35.7. The molecule has 4 aliphatic carbocycles. The first-order chi connectivity index (χ1) is 12.4. The van der Waals surface area contributed by atoms with E-state index in [0.29, 0.717) is 50.3 Å². The Labute approximate surface area is 156 Å². The molecule has 0 aromatic heterocycles. The molecule has 0 aromatic carbocycles. The van der Waals surface area contributed by atoms with Crippen LogP contribution in [0, 0.1) is 23.2 Å². The van der Waals surface area contributed by atoms with Crippen molar-refractivity contribution in [2.45, 2.75) is 64.7 Å². The number of ketones is 1. The van der Waals surface area contributed by atoms with Crippen molar-refractivity contribution in [3.63, 3.8) is 0 Å². The summed E-state index contributed by atoms with van der Waals surface area (Å²) in [6.07, 6.45) is 9.41. The van der Waals surface area contributed by atoms with E-state index >= 15 is 0 Å². The molecule has 0 unspecified atom stereocenters. The van der Waals surface area contributed by atoms with Gasteiger partial charge < -0.3 is 14.6 Å². The highest BCUT2D eigenvalue weighted by Gasteiger charge is 2.51. The highest BCUT2D eigenvalue weighted by atomic mass is 16.2. The van der Waals surface area contributed by atoms with Crippen molar-refractivity contribution in [3.05, 3.63) is 0 Å². The van der Waals surface area contributed by atoms with Crippen LogP contribution in [0.25, 0.3) is 0 Å². The lowest BCUT2D eigenvalue weighted by atomic mass is 9.49. The predicted molar refractivity (Wildman–Crippen MR) is 98.3 cm³/mol. The molecule has 1 saturated heterocycles. The molecule has 0 spiro atoms. The zero-order chi connectivity index (χ0) is 18.3. The first-order valence-electron chi connectivity index (χ1n) is 10.5. The van der Waals surface area contributed by atoms with Gasteiger partial charge in [-0.05, 0) is 68.6 Å². The zero-order valence-corrected chi connectivity index (χ0v) is 16.0. The molecule has 5 heteroatoms. The molecule has 5 aliphatic rings. The van der Waals surface area contributed by atoms with E-state index in [2.05, 4.69) is 0 Å². The lowest BCUT2D eigenvalue weighted by molar-refractivity contribution is -0.145. The highest BCUT2D eigenvalue weighted by molar-refractivity contribution is 5.84. The fourth-order valence-corrected chi connectivity index (χ4v) is 6.59. The van der Waals surface area contributed by atoms with E-state index in [1.165, 1.54) is 45.4 Å². The summed E-state index contributed by atoms with van der Waals surface area (Å²) in [5.74, 6) is 3.05. The average molecular weight is 360 g/mol. The molecule has 4 saturated carbocycles. The summed E-state index contributed by atoms with van der Waals surface area (Å²) < 4.78 is 0. The second-order valence-electron chi connectivity index (χ2n) is 9.56. The number of Topliss-reactive ketones (excluding diaryl/α,β-unsaturated/α-hetero) is 1. The van der Waals surface area contributed by atoms with Crippen molar-refractivity contribution < 1.29 is 14.4 Å². The molecule has 5 rings (SSSR count). The molecule has 144 valence electrons. The van der Waals surface area contributed by atoms with Crippen LogP contribution < -0.4 is 0 Å². The van der Waals surface area contributed by atoms with Crippen LogP contribution in [0.15, 0.2) is 0 Å². The Hall–Kier alpha value is -1.39. The molecule has 5 fully saturated rings. The Bertz CT molecular complexity index is 557. The summed E-state index contributed by atoms with van der Waals surface area (Å²) in [6.45, 7) is 4.05. The van der Waals surface area contributed by atoms with Crippen molar-refractivity contribution >= 4 is 17.6 Å². The van der Waals surface area contributed by atoms with Gasteiger partial charge in [-0.25, -0.2) is 0 Å². The van der Waals surface area contributed by atoms with E-state index in [0.717, 1.165) is 24.2 Å². The smallest absolute Gasteiger partial charge is 0.223 e. The zero-order valence-electron chi connectivity index (χ0n) is 16.0. The van der Waals surface area contributed by atoms with Crippen molar-refractivity contribution in [1.29, 1.82) is 0 Å². The van der Waals surface area contributed by atoms with E-state index in [1.54, 1.807) is 0 Å². The minimum atomic E-state index is 0.0494. The van der Waals surface area contributed by atoms with E-state index < -0.39 is 0 Å². The Morgan fingerprint density at radius 3 is 1.69 bits per heavy atom. The highest BCUT2D eigenvalue weighted by Crippen LogP contribution is 2.61. The van der Waals surface area contributed by atoms with Gasteiger partial charge in [0.25, 0.3) is 0 Å². The fraction of sp³-hybridized carbons (Fsp3) is 0.857. The van der Waals surface area contributed by atoms with E-state index in [1.807, 2.05) is 9.80 Å². The number of carbonyl (C=O) groups excluding carboxylic acids is 3. The third kappa shape index (κ3) is 3.67. The predicted octanol–water partition coefficient (Wildman–Crippen LogP) is 2.63. The maximum absolute atomic E-state index is 13.0. The summed E-state index contributed by atoms with van der Waals surface area (Å²) in [7, 11) is 0. The fourth-order valence-electron chi connectivity index (χ4n) is 6.59. The molecule has 0 N–H and O–H groups in total. The van der Waals surface area contributed by atoms with Crippen LogP contribution in [0.3, 0.4) is 0 Å². The Morgan fingerprint density at radius 1 is 0.769 bits per heavy atom. The maximum Gasteiger partial charge on any atom is 0.223 e. The summed E-state index contributed by atoms with van der Waals surface area (Å²) >= 11 is 0. The van der Waals surface area contributed by atoms with Gasteiger partial charge in [-0.2, -0.15) is 0 Å². The van der Waals surface area contributed by atoms with Crippen LogP contribution in [-0.4, -0.2) is 53.6 Å². The number of piperazine rings is 1. The van der Waals surface area contributed by atoms with Crippen LogP contribution in [0.2, 0.25) is 0 Å². The first-order valence-corrected chi connectivity index (χ1v) is 10.5. The standard InChI is InChI=1S/C21H32N2O3/c1-15(24)2-3-19(25)22-4-6-23(7-5-22)20(26)14-21-11-16-8-17(12-21)10-18(9-16)13-21/h16-18H,2-14H2,1H3. The second-order valence-corrected chi connectivity index (χ2v) is 9.56. The molecule has 5 nitrogen and oxygen atoms in total. The number of hydrogen-bond acceptors (Lipinski definition) is 3. The Balaban J connectivity index is 1.28. The molecule has 0 aromatic rings. The first kappa shape index (κ1) is 18.0. The number of carbonyl (C=O) groups is 3. The summed E-state index contributed by atoms with van der Waals surface area (Å²) in [4.78, 5) is 39.9. The molecular weight excluding hydrogens is 328 g/mol.